The van der Waals surface area contributed by atoms with E-state index < -0.39 is 0 Å². The molecule has 0 radical (unpaired) electrons. The molecule has 0 N–H and O–H groups in total. The van der Waals surface area contributed by atoms with Gasteiger partial charge in [-0.1, -0.05) is 24.6 Å². The van der Waals surface area contributed by atoms with Gasteiger partial charge < -0.3 is 0 Å². The van der Waals surface area contributed by atoms with Crippen molar-refractivity contribution in [3.05, 3.63) is 29.3 Å². The molecule has 3 atom stereocenters. The molecular formula is C16H21NS. The van der Waals surface area contributed by atoms with E-state index in [-0.39, 0.29) is 5.92 Å². The average Bonchev–Trinajstić information content (AvgIpc) is 2.33. The minimum absolute atomic E-state index is 0.229. The summed E-state index contributed by atoms with van der Waals surface area (Å²) in [6.45, 7) is 6.61. The Morgan fingerprint density at radius 1 is 1.28 bits per heavy atom. The molecule has 0 heterocycles. The van der Waals surface area contributed by atoms with E-state index in [4.69, 9.17) is 0 Å². The molecule has 96 valence electrons. The maximum Gasteiger partial charge on any atom is 0.0667 e. The zero-order chi connectivity index (χ0) is 13.1. The molecule has 18 heavy (non-hydrogen) atoms. The van der Waals surface area contributed by atoms with E-state index in [0.29, 0.717) is 5.25 Å². The predicted molar refractivity (Wildman–Crippen MR) is 77.7 cm³/mol. The highest BCUT2D eigenvalue weighted by Crippen LogP contribution is 2.40. The lowest BCUT2D eigenvalue weighted by Crippen LogP contribution is -2.25. The van der Waals surface area contributed by atoms with Crippen LogP contribution in [0.5, 0.6) is 0 Å². The van der Waals surface area contributed by atoms with E-state index in [9.17, 15) is 5.26 Å². The highest BCUT2D eigenvalue weighted by molar-refractivity contribution is 8.00. The van der Waals surface area contributed by atoms with Gasteiger partial charge in [-0.15, -0.1) is 11.8 Å². The maximum atomic E-state index is 9.28. The van der Waals surface area contributed by atoms with Crippen molar-refractivity contribution >= 4 is 11.8 Å². The molecule has 2 heteroatoms. The van der Waals surface area contributed by atoms with Crippen molar-refractivity contribution < 1.29 is 0 Å². The fourth-order valence-electron chi connectivity index (χ4n) is 2.70. The van der Waals surface area contributed by atoms with Gasteiger partial charge in [0.25, 0.3) is 0 Å². The summed E-state index contributed by atoms with van der Waals surface area (Å²) in [7, 11) is 0. The molecule has 0 aromatic heterocycles. The van der Waals surface area contributed by atoms with E-state index >= 15 is 0 Å². The number of aryl methyl sites for hydroxylation is 2. The molecule has 1 saturated carbocycles. The van der Waals surface area contributed by atoms with Gasteiger partial charge in [0.2, 0.25) is 0 Å². The van der Waals surface area contributed by atoms with Crippen LogP contribution in [0.25, 0.3) is 0 Å². The van der Waals surface area contributed by atoms with Gasteiger partial charge in [-0.05, 0) is 50.7 Å². The van der Waals surface area contributed by atoms with Gasteiger partial charge >= 0.3 is 0 Å². The van der Waals surface area contributed by atoms with Gasteiger partial charge in [-0.3, -0.25) is 0 Å². The molecule has 0 saturated heterocycles. The number of hydrogen-bond donors (Lipinski definition) is 0. The summed E-state index contributed by atoms with van der Waals surface area (Å²) in [6, 6.07) is 9.12. The third kappa shape index (κ3) is 3.09. The Morgan fingerprint density at radius 2 is 2.06 bits per heavy atom. The molecule has 0 amide bonds. The van der Waals surface area contributed by atoms with Gasteiger partial charge in [0.05, 0.1) is 12.0 Å². The number of nitrogens with zero attached hydrogens (tertiary/aromatic N) is 1. The van der Waals surface area contributed by atoms with E-state index in [1.807, 2.05) is 11.8 Å². The second kappa shape index (κ2) is 5.80. The number of thioether (sulfide) groups is 1. The molecule has 2 rings (SSSR count). The Balaban J connectivity index is 2.13. The van der Waals surface area contributed by atoms with Crippen LogP contribution >= 0.6 is 11.8 Å². The van der Waals surface area contributed by atoms with E-state index in [1.54, 1.807) is 0 Å². The minimum Gasteiger partial charge on any atom is -0.198 e. The van der Waals surface area contributed by atoms with Crippen LogP contribution in [0.4, 0.5) is 0 Å². The van der Waals surface area contributed by atoms with Crippen LogP contribution in [0, 0.1) is 37.0 Å². The first kappa shape index (κ1) is 13.5. The molecule has 0 bridgehead atoms. The molecule has 1 aromatic carbocycles. The van der Waals surface area contributed by atoms with Crippen LogP contribution < -0.4 is 0 Å². The SMILES string of the molecule is Cc1ccc(SC2CC(C)CCC2C#N)c(C)c1. The third-order valence-corrected chi connectivity index (χ3v) is 5.36. The molecule has 3 unspecified atom stereocenters. The number of hydrogen-bond acceptors (Lipinski definition) is 2. The fraction of sp³-hybridized carbons (Fsp3) is 0.562. The summed E-state index contributed by atoms with van der Waals surface area (Å²) in [5.74, 6) is 0.991. The van der Waals surface area contributed by atoms with Crippen LogP contribution in [-0.4, -0.2) is 5.25 Å². The van der Waals surface area contributed by atoms with Gasteiger partial charge in [0.1, 0.15) is 0 Å². The third-order valence-electron chi connectivity index (χ3n) is 3.83. The first-order valence-electron chi connectivity index (χ1n) is 6.73. The highest BCUT2D eigenvalue weighted by Gasteiger charge is 2.29. The number of nitriles is 1. The maximum absolute atomic E-state index is 9.28. The first-order valence-corrected chi connectivity index (χ1v) is 7.61. The fourth-order valence-corrected chi connectivity index (χ4v) is 4.20. The van der Waals surface area contributed by atoms with Crippen molar-refractivity contribution in [2.45, 2.75) is 50.2 Å². The van der Waals surface area contributed by atoms with Crippen molar-refractivity contribution in [2.24, 2.45) is 11.8 Å². The van der Waals surface area contributed by atoms with Crippen LogP contribution in [-0.2, 0) is 0 Å². The second-order valence-corrected chi connectivity index (χ2v) is 6.86. The Bertz CT molecular complexity index is 461. The normalized spacial score (nSPS) is 27.8. The summed E-state index contributed by atoms with van der Waals surface area (Å²) >= 11 is 1.91. The van der Waals surface area contributed by atoms with Gasteiger partial charge in [0, 0.05) is 10.1 Å². The molecule has 1 aliphatic carbocycles. The Hall–Kier alpha value is -0.940. The van der Waals surface area contributed by atoms with Gasteiger partial charge in [0.15, 0.2) is 0 Å². The molecular weight excluding hydrogens is 238 g/mol. The van der Waals surface area contributed by atoms with Crippen molar-refractivity contribution in [2.75, 3.05) is 0 Å². The largest absolute Gasteiger partial charge is 0.198 e. The Kier molecular flexibility index (Phi) is 4.35. The van der Waals surface area contributed by atoms with E-state index in [0.717, 1.165) is 12.3 Å². The minimum atomic E-state index is 0.229. The zero-order valence-corrected chi connectivity index (χ0v) is 12.3. The Morgan fingerprint density at radius 3 is 2.72 bits per heavy atom. The quantitative estimate of drug-likeness (QED) is 0.767. The van der Waals surface area contributed by atoms with E-state index in [2.05, 4.69) is 45.0 Å². The summed E-state index contributed by atoms with van der Waals surface area (Å²) in [4.78, 5) is 1.35. The average molecular weight is 259 g/mol. The summed E-state index contributed by atoms with van der Waals surface area (Å²) in [6.07, 6.45) is 3.46. The molecule has 1 nitrogen and oxygen atoms in total. The van der Waals surface area contributed by atoms with E-state index in [1.165, 1.54) is 28.9 Å². The number of rotatable bonds is 2. The molecule has 1 aliphatic rings. The van der Waals surface area contributed by atoms with Crippen LogP contribution in [0.3, 0.4) is 0 Å². The standard InChI is InChI=1S/C16H21NS/c1-11-5-7-15(13(3)8-11)18-16-9-12(2)4-6-14(16)10-17/h5,7-8,12,14,16H,4,6,9H2,1-3H3. The molecule has 1 aromatic rings. The monoisotopic (exact) mass is 259 g/mol. The van der Waals surface area contributed by atoms with Crippen LogP contribution in [0.1, 0.15) is 37.3 Å². The second-order valence-electron chi connectivity index (χ2n) is 5.58. The van der Waals surface area contributed by atoms with Crippen molar-refractivity contribution in [3.63, 3.8) is 0 Å². The Labute approximate surface area is 115 Å². The van der Waals surface area contributed by atoms with Gasteiger partial charge in [-0.25, -0.2) is 0 Å². The van der Waals surface area contributed by atoms with Crippen molar-refractivity contribution in [3.8, 4) is 6.07 Å². The summed E-state index contributed by atoms with van der Waals surface area (Å²) in [5, 5.41) is 9.75. The van der Waals surface area contributed by atoms with Crippen LogP contribution in [0.15, 0.2) is 23.1 Å². The van der Waals surface area contributed by atoms with Crippen molar-refractivity contribution in [1.82, 2.24) is 0 Å². The lowest BCUT2D eigenvalue weighted by atomic mass is 9.83. The number of benzene rings is 1. The molecule has 1 fully saturated rings. The molecule has 0 spiro atoms. The van der Waals surface area contributed by atoms with Gasteiger partial charge in [-0.2, -0.15) is 5.26 Å². The van der Waals surface area contributed by atoms with Crippen LogP contribution in [0.2, 0.25) is 0 Å². The van der Waals surface area contributed by atoms with Crippen molar-refractivity contribution in [1.29, 1.82) is 5.26 Å². The summed E-state index contributed by atoms with van der Waals surface area (Å²) < 4.78 is 0. The zero-order valence-electron chi connectivity index (χ0n) is 11.4. The highest BCUT2D eigenvalue weighted by atomic mass is 32.2. The molecule has 0 aliphatic heterocycles. The predicted octanol–water partition coefficient (Wildman–Crippen LogP) is 4.72. The lowest BCUT2D eigenvalue weighted by molar-refractivity contribution is 0.346. The smallest absolute Gasteiger partial charge is 0.0667 e. The lowest BCUT2D eigenvalue weighted by Gasteiger charge is -2.30. The first-order chi connectivity index (χ1) is 8.60. The topological polar surface area (TPSA) is 23.8 Å². The summed E-state index contributed by atoms with van der Waals surface area (Å²) in [5.41, 5.74) is 2.65.